The van der Waals surface area contributed by atoms with Crippen molar-refractivity contribution in [3.63, 3.8) is 0 Å². The Labute approximate surface area is 201 Å². The van der Waals surface area contributed by atoms with Crippen LogP contribution in [0.25, 0.3) is 10.8 Å². The van der Waals surface area contributed by atoms with Crippen molar-refractivity contribution in [2.45, 2.75) is 4.90 Å². The molecule has 0 spiro atoms. The lowest BCUT2D eigenvalue weighted by Gasteiger charge is -2.28. The minimum Gasteiger partial charge on any atom is -0.378 e. The van der Waals surface area contributed by atoms with E-state index in [1.54, 1.807) is 12.1 Å². The monoisotopic (exact) mass is 493 g/mol. The van der Waals surface area contributed by atoms with Crippen LogP contribution in [0.15, 0.2) is 70.7 Å². The van der Waals surface area contributed by atoms with Crippen LogP contribution in [0.2, 0.25) is 0 Å². The molecule has 0 unspecified atom stereocenters. The highest BCUT2D eigenvalue weighted by molar-refractivity contribution is 7.89. The first-order valence-electron chi connectivity index (χ1n) is 10.8. The minimum absolute atomic E-state index is 0.166. The van der Waals surface area contributed by atoms with E-state index >= 15 is 0 Å². The van der Waals surface area contributed by atoms with Gasteiger partial charge in [-0.3, -0.25) is 9.78 Å². The molecule has 0 aliphatic carbocycles. The molecule has 0 radical (unpaired) electrons. The average Bonchev–Trinajstić information content (AvgIpc) is 2.85. The largest absolute Gasteiger partial charge is 0.378 e. The lowest BCUT2D eigenvalue weighted by Crippen LogP contribution is -2.36. The molecule has 0 bridgehead atoms. The van der Waals surface area contributed by atoms with Gasteiger partial charge in [-0.25, -0.2) is 18.5 Å². The molecule has 0 amide bonds. The summed E-state index contributed by atoms with van der Waals surface area (Å²) >= 11 is 0. The smallest absolute Gasteiger partial charge is 0.259 e. The number of nitrogens with zero attached hydrogens (tertiary/aromatic N) is 3. The predicted octanol–water partition coefficient (Wildman–Crippen LogP) is 2.29. The van der Waals surface area contributed by atoms with Crippen molar-refractivity contribution in [3.05, 3.63) is 71.4 Å². The van der Waals surface area contributed by atoms with E-state index in [1.807, 2.05) is 24.3 Å². The van der Waals surface area contributed by atoms with Crippen LogP contribution in [-0.4, -0.2) is 49.7 Å². The molecule has 5 rings (SSSR count). The number of hydrogen-bond acceptors (Lipinski definition) is 9. The van der Waals surface area contributed by atoms with Crippen molar-refractivity contribution in [3.8, 4) is 0 Å². The number of hydrogen-bond donors (Lipinski definition) is 4. The molecule has 4 aromatic rings. The van der Waals surface area contributed by atoms with Gasteiger partial charge in [-0.05, 0) is 47.9 Å². The van der Waals surface area contributed by atoms with Gasteiger partial charge < -0.3 is 25.3 Å². The van der Waals surface area contributed by atoms with Crippen LogP contribution in [0.1, 0.15) is 0 Å². The zero-order chi connectivity index (χ0) is 24.4. The Balaban J connectivity index is 1.50. The Morgan fingerprint density at radius 1 is 1.06 bits per heavy atom. The fourth-order valence-corrected chi connectivity index (χ4v) is 4.56. The van der Waals surface area contributed by atoms with Crippen LogP contribution in [-0.2, 0) is 14.8 Å². The molecule has 5 N–H and O–H groups in total. The van der Waals surface area contributed by atoms with Crippen molar-refractivity contribution >= 4 is 49.5 Å². The van der Waals surface area contributed by atoms with Crippen LogP contribution in [0.3, 0.4) is 0 Å². The molecule has 0 saturated carbocycles. The van der Waals surface area contributed by atoms with Crippen molar-refractivity contribution in [1.29, 1.82) is 0 Å². The Morgan fingerprint density at radius 3 is 2.57 bits per heavy atom. The fraction of sp³-hybridized carbons (Fsp3) is 0.174. The average molecular weight is 494 g/mol. The molecule has 4 heterocycles. The summed E-state index contributed by atoms with van der Waals surface area (Å²) in [4.78, 5) is 25.8. The van der Waals surface area contributed by atoms with E-state index in [2.05, 4.69) is 30.5 Å². The van der Waals surface area contributed by atoms with Crippen LogP contribution in [0.5, 0.6) is 0 Å². The van der Waals surface area contributed by atoms with Crippen LogP contribution in [0, 0.1) is 0 Å². The van der Waals surface area contributed by atoms with Crippen molar-refractivity contribution in [2.75, 3.05) is 41.8 Å². The number of morpholine rings is 1. The van der Waals surface area contributed by atoms with Gasteiger partial charge in [0.25, 0.3) is 5.56 Å². The maximum atomic E-state index is 12.6. The quantitative estimate of drug-likeness (QED) is 0.316. The summed E-state index contributed by atoms with van der Waals surface area (Å²) in [6, 6.07) is 12.7. The maximum absolute atomic E-state index is 12.6. The number of ether oxygens (including phenoxy) is 1. The number of aromatic amines is 1. The molecule has 11 nitrogen and oxygen atoms in total. The van der Waals surface area contributed by atoms with Gasteiger partial charge in [-0.1, -0.05) is 0 Å². The Bertz CT molecular complexity index is 1530. The zero-order valence-corrected chi connectivity index (χ0v) is 19.4. The third kappa shape index (κ3) is 4.94. The van der Waals surface area contributed by atoms with Gasteiger partial charge in [0.2, 0.25) is 10.0 Å². The van der Waals surface area contributed by atoms with Gasteiger partial charge in [-0.15, -0.1) is 0 Å². The summed E-state index contributed by atoms with van der Waals surface area (Å²) in [5, 5.41) is 12.5. The summed E-state index contributed by atoms with van der Waals surface area (Å²) in [6.07, 6.45) is 4.15. The Morgan fingerprint density at radius 2 is 1.83 bits per heavy atom. The van der Waals surface area contributed by atoms with E-state index in [1.165, 1.54) is 24.7 Å². The summed E-state index contributed by atoms with van der Waals surface area (Å²) < 4.78 is 29.3. The lowest BCUT2D eigenvalue weighted by molar-refractivity contribution is 0.122. The van der Waals surface area contributed by atoms with Gasteiger partial charge >= 0.3 is 0 Å². The van der Waals surface area contributed by atoms with Gasteiger partial charge in [0.05, 0.1) is 24.3 Å². The predicted molar refractivity (Wildman–Crippen MR) is 134 cm³/mol. The second-order valence-corrected chi connectivity index (χ2v) is 9.47. The molecule has 0 atom stereocenters. The number of benzene rings is 1. The molecule has 1 fully saturated rings. The van der Waals surface area contributed by atoms with Gasteiger partial charge in [-0.2, -0.15) is 0 Å². The van der Waals surface area contributed by atoms with Crippen LogP contribution < -0.4 is 26.2 Å². The maximum Gasteiger partial charge on any atom is 0.259 e. The van der Waals surface area contributed by atoms with E-state index in [0.29, 0.717) is 35.6 Å². The zero-order valence-electron chi connectivity index (χ0n) is 18.6. The molecular formula is C23H23N7O4S. The number of pyridine rings is 3. The molecule has 12 heteroatoms. The Hall–Kier alpha value is -4.00. The summed E-state index contributed by atoms with van der Waals surface area (Å²) in [5.41, 5.74) is 1.74. The minimum atomic E-state index is -4.01. The van der Waals surface area contributed by atoms with E-state index in [9.17, 15) is 13.2 Å². The third-order valence-corrected chi connectivity index (χ3v) is 6.55. The Kier molecular flexibility index (Phi) is 6.07. The molecule has 1 aromatic carbocycles. The summed E-state index contributed by atoms with van der Waals surface area (Å²) in [5.74, 6) is 0.642. The molecule has 180 valence electrons. The molecule has 1 saturated heterocycles. The number of rotatable bonds is 6. The normalized spacial score (nSPS) is 14.1. The molecule has 3 aromatic heterocycles. The highest BCUT2D eigenvalue weighted by atomic mass is 32.2. The standard InChI is InChI=1S/C23H23N7O4S/c24-35(32,33)19-14-25-7-6-18(19)28-20-13-15-5-8-26-23(31)21(15)22(29-20)27-16-1-3-17(4-2-16)30-9-11-34-12-10-30/h1-8,13-14H,9-12H2,(H,26,31)(H2,24,32,33)(H2,25,27,28,29). The van der Waals surface area contributed by atoms with E-state index in [0.717, 1.165) is 24.5 Å². The van der Waals surface area contributed by atoms with E-state index in [4.69, 9.17) is 9.88 Å². The number of H-pyrrole nitrogens is 1. The van der Waals surface area contributed by atoms with Crippen molar-refractivity contribution < 1.29 is 13.2 Å². The third-order valence-electron chi connectivity index (χ3n) is 5.61. The lowest BCUT2D eigenvalue weighted by atomic mass is 10.2. The highest BCUT2D eigenvalue weighted by Crippen LogP contribution is 2.29. The number of nitrogens with one attached hydrogen (secondary N) is 3. The number of anilines is 5. The van der Waals surface area contributed by atoms with Gasteiger partial charge in [0.15, 0.2) is 0 Å². The molecule has 35 heavy (non-hydrogen) atoms. The number of sulfonamides is 1. The molecular weight excluding hydrogens is 470 g/mol. The number of nitrogens with two attached hydrogens (primary N) is 1. The first kappa shape index (κ1) is 22.8. The number of fused-ring (bicyclic) bond motifs is 1. The second kappa shape index (κ2) is 9.33. The van der Waals surface area contributed by atoms with Crippen molar-refractivity contribution in [1.82, 2.24) is 15.0 Å². The summed E-state index contributed by atoms with van der Waals surface area (Å²) in [7, 11) is -4.01. The van der Waals surface area contributed by atoms with E-state index in [-0.39, 0.29) is 16.1 Å². The second-order valence-electron chi connectivity index (χ2n) is 7.94. The topological polar surface area (TPSA) is 155 Å². The molecule has 1 aliphatic rings. The van der Waals surface area contributed by atoms with E-state index < -0.39 is 10.0 Å². The SMILES string of the molecule is NS(=O)(=O)c1cnccc1Nc1cc2cc[nH]c(=O)c2c(Nc2ccc(N3CCOCC3)cc2)n1. The summed E-state index contributed by atoms with van der Waals surface area (Å²) in [6.45, 7) is 3.06. The van der Waals surface area contributed by atoms with Gasteiger partial charge in [0, 0.05) is 43.1 Å². The van der Waals surface area contributed by atoms with Crippen LogP contribution >= 0.6 is 0 Å². The van der Waals surface area contributed by atoms with Crippen molar-refractivity contribution in [2.24, 2.45) is 5.14 Å². The number of primary sulfonamides is 1. The number of aromatic nitrogens is 3. The van der Waals surface area contributed by atoms with Gasteiger partial charge in [0.1, 0.15) is 16.5 Å². The molecule has 1 aliphatic heterocycles. The fourth-order valence-electron chi connectivity index (χ4n) is 3.93. The first-order valence-corrected chi connectivity index (χ1v) is 12.4. The first-order chi connectivity index (χ1) is 16.9. The van der Waals surface area contributed by atoms with Crippen LogP contribution in [0.4, 0.5) is 28.7 Å². The highest BCUT2D eigenvalue weighted by Gasteiger charge is 2.17.